The van der Waals surface area contributed by atoms with Crippen LogP contribution in [-0.2, 0) is 16.0 Å². The number of ether oxygens (including phenoxy) is 2. The first-order valence-electron chi connectivity index (χ1n) is 10.1. The van der Waals surface area contributed by atoms with Crippen LogP contribution >= 0.6 is 11.3 Å². The van der Waals surface area contributed by atoms with E-state index in [2.05, 4.69) is 12.2 Å². The second-order valence-electron chi connectivity index (χ2n) is 6.72. The summed E-state index contributed by atoms with van der Waals surface area (Å²) in [6.07, 6.45) is 4.06. The van der Waals surface area contributed by atoms with Gasteiger partial charge in [0.15, 0.2) is 0 Å². The van der Waals surface area contributed by atoms with E-state index in [4.69, 9.17) is 9.47 Å². The van der Waals surface area contributed by atoms with Gasteiger partial charge in [-0.25, -0.2) is 4.79 Å². The van der Waals surface area contributed by atoms with Gasteiger partial charge >= 0.3 is 5.97 Å². The summed E-state index contributed by atoms with van der Waals surface area (Å²) in [4.78, 5) is 25.2. The molecule has 0 radical (unpaired) electrons. The van der Waals surface area contributed by atoms with Crippen LogP contribution in [0.5, 0.6) is 5.75 Å². The van der Waals surface area contributed by atoms with Crippen molar-refractivity contribution in [2.45, 2.75) is 20.3 Å². The van der Waals surface area contributed by atoms with Crippen molar-refractivity contribution in [2.24, 2.45) is 0 Å². The number of carbonyl (C=O) groups excluding carboxylic acids is 2. The molecule has 6 heteroatoms. The third-order valence-electron chi connectivity index (χ3n) is 4.70. The predicted molar refractivity (Wildman–Crippen MR) is 126 cm³/mol. The van der Waals surface area contributed by atoms with Gasteiger partial charge in [-0.2, -0.15) is 0 Å². The van der Waals surface area contributed by atoms with E-state index in [0.29, 0.717) is 16.3 Å². The topological polar surface area (TPSA) is 64.6 Å². The van der Waals surface area contributed by atoms with E-state index in [9.17, 15) is 9.59 Å². The van der Waals surface area contributed by atoms with Gasteiger partial charge in [-0.05, 0) is 48.2 Å². The average molecular weight is 436 g/mol. The van der Waals surface area contributed by atoms with E-state index in [-0.39, 0.29) is 12.5 Å². The van der Waals surface area contributed by atoms with Crippen molar-refractivity contribution in [3.05, 3.63) is 76.7 Å². The third-order valence-corrected chi connectivity index (χ3v) is 5.60. The van der Waals surface area contributed by atoms with Crippen molar-refractivity contribution >= 4 is 34.3 Å². The number of aryl methyl sites for hydroxylation is 1. The monoisotopic (exact) mass is 435 g/mol. The molecule has 0 bridgehead atoms. The summed E-state index contributed by atoms with van der Waals surface area (Å²) < 4.78 is 10.5. The number of rotatable bonds is 8. The van der Waals surface area contributed by atoms with Crippen LogP contribution in [0.1, 0.15) is 35.3 Å². The van der Waals surface area contributed by atoms with Crippen LogP contribution in [0.25, 0.3) is 17.2 Å². The normalized spacial score (nSPS) is 10.8. The highest BCUT2D eigenvalue weighted by Crippen LogP contribution is 2.36. The molecule has 1 N–H and O–H groups in total. The van der Waals surface area contributed by atoms with Gasteiger partial charge in [0, 0.05) is 17.0 Å². The lowest BCUT2D eigenvalue weighted by Gasteiger charge is -2.08. The Bertz CT molecular complexity index is 1080. The van der Waals surface area contributed by atoms with Crippen molar-refractivity contribution < 1.29 is 19.1 Å². The maximum Gasteiger partial charge on any atom is 0.341 e. The van der Waals surface area contributed by atoms with Gasteiger partial charge in [0.1, 0.15) is 16.3 Å². The zero-order chi connectivity index (χ0) is 22.2. The molecule has 0 unspecified atom stereocenters. The fourth-order valence-electron chi connectivity index (χ4n) is 3.06. The Morgan fingerprint density at radius 2 is 1.87 bits per heavy atom. The van der Waals surface area contributed by atoms with Gasteiger partial charge in [-0.3, -0.25) is 4.79 Å². The maximum absolute atomic E-state index is 12.7. The van der Waals surface area contributed by atoms with Crippen molar-refractivity contribution in [1.82, 2.24) is 0 Å². The molecule has 31 heavy (non-hydrogen) atoms. The van der Waals surface area contributed by atoms with E-state index in [1.54, 1.807) is 20.1 Å². The molecular weight excluding hydrogens is 410 g/mol. The molecule has 1 heterocycles. The molecule has 0 saturated heterocycles. The van der Waals surface area contributed by atoms with Crippen LogP contribution in [0.15, 0.2) is 60.0 Å². The number of anilines is 1. The Balaban J connectivity index is 1.85. The van der Waals surface area contributed by atoms with Gasteiger partial charge in [-0.15, -0.1) is 11.3 Å². The number of hydrogen-bond acceptors (Lipinski definition) is 5. The predicted octanol–water partition coefficient (Wildman–Crippen LogP) is 5.81. The van der Waals surface area contributed by atoms with Crippen LogP contribution in [0.2, 0.25) is 0 Å². The number of thiophene rings is 1. The zero-order valence-corrected chi connectivity index (χ0v) is 18.6. The number of methoxy groups -OCH3 is 1. The van der Waals surface area contributed by atoms with Crippen LogP contribution in [0, 0.1) is 0 Å². The Kier molecular flexibility index (Phi) is 7.62. The summed E-state index contributed by atoms with van der Waals surface area (Å²) >= 11 is 1.30. The van der Waals surface area contributed by atoms with Crippen LogP contribution in [-0.4, -0.2) is 25.6 Å². The van der Waals surface area contributed by atoms with Gasteiger partial charge in [-0.1, -0.05) is 43.3 Å². The number of esters is 1. The van der Waals surface area contributed by atoms with Gasteiger partial charge in [0.2, 0.25) is 5.91 Å². The molecule has 160 valence electrons. The van der Waals surface area contributed by atoms with Gasteiger partial charge in [0.25, 0.3) is 0 Å². The third kappa shape index (κ3) is 5.61. The first-order chi connectivity index (χ1) is 15.0. The molecule has 0 saturated carbocycles. The molecule has 3 rings (SSSR count). The smallest absolute Gasteiger partial charge is 0.341 e. The van der Waals surface area contributed by atoms with Crippen molar-refractivity contribution in [3.8, 4) is 16.9 Å². The molecule has 0 aliphatic heterocycles. The second kappa shape index (κ2) is 10.6. The molecule has 1 aromatic heterocycles. The molecule has 0 spiro atoms. The fraction of sp³-hybridized carbons (Fsp3) is 0.200. The van der Waals surface area contributed by atoms with Crippen LogP contribution in [0.4, 0.5) is 5.00 Å². The summed E-state index contributed by atoms with van der Waals surface area (Å²) in [7, 11) is 1.59. The highest BCUT2D eigenvalue weighted by molar-refractivity contribution is 7.15. The first kappa shape index (κ1) is 22.3. The number of hydrogen-bond donors (Lipinski definition) is 1. The minimum absolute atomic E-state index is 0.256. The molecule has 0 fully saturated rings. The number of benzene rings is 2. The molecule has 2 aromatic carbocycles. The minimum atomic E-state index is -0.453. The van der Waals surface area contributed by atoms with Crippen molar-refractivity contribution in [1.29, 1.82) is 0 Å². The summed E-state index contributed by atoms with van der Waals surface area (Å²) in [5.41, 5.74) is 4.08. The van der Waals surface area contributed by atoms with E-state index in [1.807, 2.05) is 53.9 Å². The molecule has 5 nitrogen and oxygen atoms in total. The number of carbonyl (C=O) groups is 2. The highest BCUT2D eigenvalue weighted by Gasteiger charge is 2.22. The lowest BCUT2D eigenvalue weighted by atomic mass is 10.0. The summed E-state index contributed by atoms with van der Waals surface area (Å²) in [6.45, 7) is 4.11. The SMILES string of the molecule is CCOC(=O)c1c(-c2ccc(CC)cc2)csc1NC(=O)/C=C/c1cccc(OC)c1. The molecule has 0 aliphatic rings. The van der Waals surface area contributed by atoms with E-state index in [1.165, 1.54) is 23.0 Å². The van der Waals surface area contributed by atoms with Crippen molar-refractivity contribution in [3.63, 3.8) is 0 Å². The molecule has 0 aliphatic carbocycles. The fourth-order valence-corrected chi connectivity index (χ4v) is 4.02. The standard InChI is InChI=1S/C25H25NO4S/c1-4-17-9-12-19(13-10-17)21-16-31-24(23(21)25(28)30-5-2)26-22(27)14-11-18-7-6-8-20(15-18)29-3/h6-16H,4-5H2,1-3H3,(H,26,27)/b14-11+. The lowest BCUT2D eigenvalue weighted by Crippen LogP contribution is -2.12. The highest BCUT2D eigenvalue weighted by atomic mass is 32.1. The van der Waals surface area contributed by atoms with E-state index >= 15 is 0 Å². The van der Waals surface area contributed by atoms with E-state index < -0.39 is 5.97 Å². The van der Waals surface area contributed by atoms with Crippen LogP contribution in [0.3, 0.4) is 0 Å². The maximum atomic E-state index is 12.7. The summed E-state index contributed by atoms with van der Waals surface area (Å²) in [5.74, 6) is -0.0716. The number of nitrogens with one attached hydrogen (secondary N) is 1. The molecule has 1 amide bonds. The molecule has 0 atom stereocenters. The van der Waals surface area contributed by atoms with Gasteiger partial charge in [0.05, 0.1) is 13.7 Å². The Morgan fingerprint density at radius 3 is 2.55 bits per heavy atom. The first-order valence-corrected chi connectivity index (χ1v) is 10.9. The lowest BCUT2D eigenvalue weighted by molar-refractivity contribution is -0.111. The number of amides is 1. The zero-order valence-electron chi connectivity index (χ0n) is 17.8. The second-order valence-corrected chi connectivity index (χ2v) is 7.60. The van der Waals surface area contributed by atoms with Crippen LogP contribution < -0.4 is 10.1 Å². The van der Waals surface area contributed by atoms with Crippen molar-refractivity contribution in [2.75, 3.05) is 19.0 Å². The summed E-state index contributed by atoms with van der Waals surface area (Å²) in [5, 5.41) is 5.16. The minimum Gasteiger partial charge on any atom is -0.497 e. The largest absolute Gasteiger partial charge is 0.497 e. The molecule has 3 aromatic rings. The summed E-state index contributed by atoms with van der Waals surface area (Å²) in [6, 6.07) is 15.4. The Morgan fingerprint density at radius 1 is 1.10 bits per heavy atom. The van der Waals surface area contributed by atoms with Gasteiger partial charge < -0.3 is 14.8 Å². The Hall–Kier alpha value is -3.38. The quantitative estimate of drug-likeness (QED) is 0.358. The Labute approximate surface area is 186 Å². The molecular formula is C25H25NO4S. The van der Waals surface area contributed by atoms with E-state index in [0.717, 1.165) is 23.1 Å². The average Bonchev–Trinajstić information content (AvgIpc) is 3.21.